The van der Waals surface area contributed by atoms with E-state index >= 15 is 0 Å². The van der Waals surface area contributed by atoms with Crippen LogP contribution in [0.25, 0.3) is 22.6 Å². The van der Waals surface area contributed by atoms with Crippen molar-refractivity contribution in [2.24, 2.45) is 7.05 Å². The smallest absolute Gasteiger partial charge is 0.255 e. The molecule has 184 valence electrons. The summed E-state index contributed by atoms with van der Waals surface area (Å²) in [4.78, 5) is 54.4. The second kappa shape index (κ2) is 8.83. The molecule has 3 aromatic rings. The second-order valence-corrected chi connectivity index (χ2v) is 9.34. The number of benzene rings is 1. The Morgan fingerprint density at radius 1 is 1.03 bits per heavy atom. The molecule has 1 unspecified atom stereocenters. The standard InChI is InChI=1S/C25H26N8O3/c1-31-14-19(29-22(31)17-11-27-25(28-12-17)32-8-6-26-7-9-32)15-2-3-18-16(10-15)13-33(24(18)36)20-4-5-21(34)30-23(20)35/h2-3,10-12,14,20,26H,4-9,13H2,1H3,(H,30,34,35). The molecule has 2 aromatic heterocycles. The number of fused-ring (bicyclic) bond motifs is 1. The maximum absolute atomic E-state index is 13.0. The number of carbonyl (C=O) groups is 3. The van der Waals surface area contributed by atoms with Crippen LogP contribution in [-0.2, 0) is 23.2 Å². The monoisotopic (exact) mass is 486 g/mol. The number of amides is 3. The van der Waals surface area contributed by atoms with Crippen molar-refractivity contribution < 1.29 is 14.4 Å². The fraction of sp³-hybridized carbons (Fsp3) is 0.360. The van der Waals surface area contributed by atoms with E-state index in [9.17, 15) is 14.4 Å². The number of imide groups is 1. The Kier molecular flexibility index (Phi) is 5.48. The van der Waals surface area contributed by atoms with Gasteiger partial charge in [0, 0.05) is 75.9 Å². The molecule has 0 radical (unpaired) electrons. The van der Waals surface area contributed by atoms with Crippen molar-refractivity contribution in [1.82, 2.24) is 35.1 Å². The van der Waals surface area contributed by atoms with E-state index in [0.29, 0.717) is 18.5 Å². The predicted molar refractivity (Wildman–Crippen MR) is 131 cm³/mol. The highest BCUT2D eigenvalue weighted by atomic mass is 16.2. The van der Waals surface area contributed by atoms with Crippen LogP contribution in [0.2, 0.25) is 0 Å². The number of piperidine rings is 1. The van der Waals surface area contributed by atoms with Gasteiger partial charge in [0.25, 0.3) is 5.91 Å². The van der Waals surface area contributed by atoms with Gasteiger partial charge in [-0.2, -0.15) is 0 Å². The summed E-state index contributed by atoms with van der Waals surface area (Å²) in [6, 6.07) is 4.99. The van der Waals surface area contributed by atoms with Crippen molar-refractivity contribution in [2.45, 2.75) is 25.4 Å². The minimum atomic E-state index is -0.628. The SMILES string of the molecule is Cn1cc(-c2ccc3c(c2)CN(C2CCC(=O)NC2=O)C3=O)nc1-c1cnc(N2CCNCC2)nc1. The molecule has 11 heteroatoms. The van der Waals surface area contributed by atoms with E-state index in [4.69, 9.17) is 4.98 Å². The molecule has 0 saturated carbocycles. The molecule has 11 nitrogen and oxygen atoms in total. The van der Waals surface area contributed by atoms with Gasteiger partial charge in [-0.25, -0.2) is 15.0 Å². The molecule has 0 bridgehead atoms. The lowest BCUT2D eigenvalue weighted by Crippen LogP contribution is -2.52. The molecular weight excluding hydrogens is 460 g/mol. The third-order valence-corrected chi connectivity index (χ3v) is 6.99. The van der Waals surface area contributed by atoms with Gasteiger partial charge in [0.15, 0.2) is 0 Å². The molecule has 3 aliphatic rings. The van der Waals surface area contributed by atoms with Crippen molar-refractivity contribution in [3.63, 3.8) is 0 Å². The number of nitrogens with one attached hydrogen (secondary N) is 2. The maximum Gasteiger partial charge on any atom is 0.255 e. The van der Waals surface area contributed by atoms with Crippen LogP contribution in [0.1, 0.15) is 28.8 Å². The minimum Gasteiger partial charge on any atom is -0.338 e. The summed E-state index contributed by atoms with van der Waals surface area (Å²) in [7, 11) is 1.93. The fourth-order valence-corrected chi connectivity index (χ4v) is 5.07. The maximum atomic E-state index is 13.0. The van der Waals surface area contributed by atoms with Gasteiger partial charge in [-0.05, 0) is 24.1 Å². The number of piperazine rings is 1. The third kappa shape index (κ3) is 3.91. The van der Waals surface area contributed by atoms with Crippen LogP contribution < -0.4 is 15.5 Å². The van der Waals surface area contributed by atoms with Crippen LogP contribution >= 0.6 is 0 Å². The second-order valence-electron chi connectivity index (χ2n) is 9.34. The Morgan fingerprint density at radius 2 is 1.81 bits per heavy atom. The van der Waals surface area contributed by atoms with E-state index in [0.717, 1.165) is 60.3 Å². The summed E-state index contributed by atoms with van der Waals surface area (Å²) in [6.07, 6.45) is 6.12. The quantitative estimate of drug-likeness (QED) is 0.517. The van der Waals surface area contributed by atoms with Gasteiger partial charge >= 0.3 is 0 Å². The number of imidazole rings is 1. The van der Waals surface area contributed by atoms with Crippen LogP contribution in [0.5, 0.6) is 0 Å². The van der Waals surface area contributed by atoms with E-state index in [1.165, 1.54) is 0 Å². The highest BCUT2D eigenvalue weighted by Gasteiger charge is 2.39. The highest BCUT2D eigenvalue weighted by Crippen LogP contribution is 2.32. The Morgan fingerprint density at radius 3 is 2.56 bits per heavy atom. The van der Waals surface area contributed by atoms with Crippen LogP contribution in [0.3, 0.4) is 0 Å². The number of aryl methyl sites for hydroxylation is 1. The molecular formula is C25H26N8O3. The zero-order valence-corrected chi connectivity index (χ0v) is 19.9. The van der Waals surface area contributed by atoms with E-state index in [2.05, 4.69) is 25.5 Å². The largest absolute Gasteiger partial charge is 0.338 e. The Balaban J connectivity index is 1.23. The van der Waals surface area contributed by atoms with Gasteiger partial charge in [0.05, 0.1) is 11.3 Å². The molecule has 1 aromatic carbocycles. The molecule has 3 aliphatic heterocycles. The van der Waals surface area contributed by atoms with E-state index in [-0.39, 0.29) is 18.2 Å². The van der Waals surface area contributed by atoms with Gasteiger partial charge in [0.1, 0.15) is 11.9 Å². The Labute approximate surface area is 207 Å². The average Bonchev–Trinajstić information content (AvgIpc) is 3.44. The summed E-state index contributed by atoms with van der Waals surface area (Å²) < 4.78 is 1.94. The molecule has 36 heavy (non-hydrogen) atoms. The summed E-state index contributed by atoms with van der Waals surface area (Å²) in [6.45, 7) is 3.94. The minimum absolute atomic E-state index is 0.186. The molecule has 5 heterocycles. The topological polar surface area (TPSA) is 125 Å². The zero-order valence-electron chi connectivity index (χ0n) is 19.9. The molecule has 3 amide bonds. The van der Waals surface area contributed by atoms with Crippen LogP contribution in [-0.4, -0.2) is 74.4 Å². The molecule has 2 saturated heterocycles. The molecule has 0 aliphatic carbocycles. The average molecular weight is 487 g/mol. The first-order valence-corrected chi connectivity index (χ1v) is 12.1. The van der Waals surface area contributed by atoms with Crippen LogP contribution in [0.15, 0.2) is 36.8 Å². The molecule has 6 rings (SSSR count). The zero-order chi connectivity index (χ0) is 24.8. The summed E-state index contributed by atoms with van der Waals surface area (Å²) in [5, 5.41) is 5.66. The lowest BCUT2D eigenvalue weighted by molar-refractivity contribution is -0.136. The van der Waals surface area contributed by atoms with Gasteiger partial charge in [-0.1, -0.05) is 6.07 Å². The van der Waals surface area contributed by atoms with Crippen molar-refractivity contribution in [3.05, 3.63) is 47.9 Å². The fourth-order valence-electron chi connectivity index (χ4n) is 5.07. The first kappa shape index (κ1) is 22.4. The van der Waals surface area contributed by atoms with Gasteiger partial charge in [-0.15, -0.1) is 0 Å². The van der Waals surface area contributed by atoms with Gasteiger partial charge in [-0.3, -0.25) is 19.7 Å². The first-order chi connectivity index (χ1) is 17.5. The van der Waals surface area contributed by atoms with Gasteiger partial charge in [0.2, 0.25) is 17.8 Å². The number of rotatable bonds is 4. The number of hydrogen-bond acceptors (Lipinski definition) is 8. The lowest BCUT2D eigenvalue weighted by Gasteiger charge is -2.29. The highest BCUT2D eigenvalue weighted by molar-refractivity contribution is 6.05. The first-order valence-electron chi connectivity index (χ1n) is 12.1. The van der Waals surface area contributed by atoms with Crippen molar-refractivity contribution in [1.29, 1.82) is 0 Å². The van der Waals surface area contributed by atoms with E-state index in [1.54, 1.807) is 23.4 Å². The molecule has 2 fully saturated rings. The summed E-state index contributed by atoms with van der Waals surface area (Å²) >= 11 is 0. The van der Waals surface area contributed by atoms with Crippen LogP contribution in [0, 0.1) is 0 Å². The summed E-state index contributed by atoms with van der Waals surface area (Å²) in [5.41, 5.74) is 3.90. The molecule has 0 spiro atoms. The molecule has 1 atom stereocenters. The van der Waals surface area contributed by atoms with Crippen molar-refractivity contribution in [3.8, 4) is 22.6 Å². The van der Waals surface area contributed by atoms with Gasteiger partial charge < -0.3 is 19.7 Å². The Hall–Kier alpha value is -4.12. The predicted octanol–water partition coefficient (Wildman–Crippen LogP) is 0.715. The van der Waals surface area contributed by atoms with Crippen molar-refractivity contribution in [2.75, 3.05) is 31.1 Å². The number of aromatic nitrogens is 4. The van der Waals surface area contributed by atoms with Crippen LogP contribution in [0.4, 0.5) is 5.95 Å². The number of anilines is 1. The van der Waals surface area contributed by atoms with E-state index in [1.807, 2.05) is 29.9 Å². The van der Waals surface area contributed by atoms with Crippen molar-refractivity contribution >= 4 is 23.7 Å². The summed E-state index contributed by atoms with van der Waals surface area (Å²) in [5.74, 6) is 0.580. The lowest BCUT2D eigenvalue weighted by atomic mass is 10.0. The van der Waals surface area contributed by atoms with E-state index < -0.39 is 11.9 Å². The normalized spacial score (nSPS) is 20.0. The Bertz CT molecular complexity index is 1360. The number of hydrogen-bond donors (Lipinski definition) is 2. The number of nitrogens with zero attached hydrogens (tertiary/aromatic N) is 6. The third-order valence-electron chi connectivity index (χ3n) is 6.99. The molecule has 2 N–H and O–H groups in total. The number of carbonyl (C=O) groups excluding carboxylic acids is 3.